The van der Waals surface area contributed by atoms with Gasteiger partial charge in [-0.1, -0.05) is 168 Å². The standard InChI is InChI=1S/C40H80NO4.ClH/c1-9-11-13-15-17-19-21-23-25-27-29-31-33-35-37(42)44-39(3,4)41(7,8)40(5,6)45-38(43)36-34-32-30-28-26-24-22-20-18-16-14-12-10-2;/h9-36H2,1-8H3;1H/q+1;/p-1. The molecular weight excluding hydrogens is 594 g/mol. The molecule has 0 aliphatic carbocycles. The van der Waals surface area contributed by atoms with Crippen molar-refractivity contribution in [1.29, 1.82) is 0 Å². The van der Waals surface area contributed by atoms with Crippen LogP contribution in [0, 0.1) is 0 Å². The number of carbonyl (C=O) groups excluding carboxylic acids is 2. The van der Waals surface area contributed by atoms with Crippen LogP contribution in [0.5, 0.6) is 0 Å². The van der Waals surface area contributed by atoms with Gasteiger partial charge in [-0.2, -0.15) is 0 Å². The van der Waals surface area contributed by atoms with E-state index < -0.39 is 11.4 Å². The number of rotatable bonds is 32. The fourth-order valence-electron chi connectivity index (χ4n) is 6.11. The molecule has 0 bridgehead atoms. The number of carbonyl (C=O) groups is 2. The maximum atomic E-state index is 12.8. The maximum Gasteiger partial charge on any atom is 0.310 e. The summed E-state index contributed by atoms with van der Waals surface area (Å²) in [5, 5.41) is 0. The monoisotopic (exact) mass is 674 g/mol. The highest BCUT2D eigenvalue weighted by molar-refractivity contribution is 5.70. The Kier molecular flexibility index (Phi) is 30.0. The molecule has 0 aromatic carbocycles. The first-order chi connectivity index (χ1) is 21.4. The van der Waals surface area contributed by atoms with Crippen LogP contribution in [0.1, 0.15) is 221 Å². The van der Waals surface area contributed by atoms with E-state index in [2.05, 4.69) is 13.8 Å². The molecule has 0 rings (SSSR count). The minimum Gasteiger partial charge on any atom is -1.00 e. The number of hydrogen-bond donors (Lipinski definition) is 0. The predicted octanol–water partition coefficient (Wildman–Crippen LogP) is 9.59. The van der Waals surface area contributed by atoms with Crippen LogP contribution < -0.4 is 12.4 Å². The van der Waals surface area contributed by atoms with E-state index in [1.165, 1.54) is 141 Å². The molecule has 0 saturated heterocycles. The summed E-state index contributed by atoms with van der Waals surface area (Å²) in [5.74, 6) is -0.327. The van der Waals surface area contributed by atoms with Gasteiger partial charge in [0.15, 0.2) is 0 Å². The van der Waals surface area contributed by atoms with Crippen molar-refractivity contribution in [2.45, 2.75) is 233 Å². The van der Waals surface area contributed by atoms with Gasteiger partial charge in [0.25, 0.3) is 0 Å². The molecule has 0 heterocycles. The Morgan fingerprint density at radius 2 is 0.609 bits per heavy atom. The molecule has 0 atom stereocenters. The fraction of sp³-hybridized carbons (Fsp3) is 0.950. The van der Waals surface area contributed by atoms with Crippen LogP contribution in [0.3, 0.4) is 0 Å². The molecule has 0 spiro atoms. The summed E-state index contributed by atoms with van der Waals surface area (Å²) in [6, 6.07) is 0. The Morgan fingerprint density at radius 3 is 0.826 bits per heavy atom. The van der Waals surface area contributed by atoms with E-state index in [-0.39, 0.29) is 28.8 Å². The molecule has 276 valence electrons. The summed E-state index contributed by atoms with van der Waals surface area (Å²) < 4.78 is 12.2. The molecule has 6 heteroatoms. The number of hydrogen-bond acceptors (Lipinski definition) is 4. The Labute approximate surface area is 294 Å². The van der Waals surface area contributed by atoms with Crippen LogP contribution in [0.15, 0.2) is 0 Å². The second-order valence-corrected chi connectivity index (χ2v) is 15.3. The molecule has 0 amide bonds. The highest BCUT2D eigenvalue weighted by atomic mass is 35.5. The average Bonchev–Trinajstić information content (AvgIpc) is 2.97. The largest absolute Gasteiger partial charge is 1.00 e. The maximum absolute atomic E-state index is 12.8. The number of halogens is 1. The molecule has 5 nitrogen and oxygen atoms in total. The second kappa shape index (κ2) is 29.1. The van der Waals surface area contributed by atoms with Crippen molar-refractivity contribution in [3.05, 3.63) is 0 Å². The highest BCUT2D eigenvalue weighted by Gasteiger charge is 2.52. The van der Waals surface area contributed by atoms with E-state index >= 15 is 0 Å². The minimum atomic E-state index is -0.826. The fourth-order valence-corrected chi connectivity index (χ4v) is 6.11. The van der Waals surface area contributed by atoms with Gasteiger partial charge in [0.2, 0.25) is 11.4 Å². The molecule has 0 aromatic heterocycles. The molecule has 0 aliphatic heterocycles. The van der Waals surface area contributed by atoms with Gasteiger partial charge in [0.05, 0.1) is 14.1 Å². The van der Waals surface area contributed by atoms with Gasteiger partial charge >= 0.3 is 11.9 Å². The molecule has 0 saturated carbocycles. The lowest BCUT2D eigenvalue weighted by atomic mass is 10.0. The zero-order chi connectivity index (χ0) is 33.9. The van der Waals surface area contributed by atoms with E-state index in [1.54, 1.807) is 0 Å². The van der Waals surface area contributed by atoms with Gasteiger partial charge in [0.1, 0.15) is 0 Å². The molecule has 46 heavy (non-hydrogen) atoms. The summed E-state index contributed by atoms with van der Waals surface area (Å²) >= 11 is 0. The lowest BCUT2D eigenvalue weighted by Gasteiger charge is -2.51. The third kappa shape index (κ3) is 23.5. The zero-order valence-electron chi connectivity index (χ0n) is 32.3. The highest BCUT2D eigenvalue weighted by Crippen LogP contribution is 2.34. The van der Waals surface area contributed by atoms with E-state index in [9.17, 15) is 9.59 Å². The minimum absolute atomic E-state index is 0. The summed E-state index contributed by atoms with van der Waals surface area (Å²) in [6.45, 7) is 12.3. The number of nitrogens with zero attached hydrogens (tertiary/aromatic N) is 1. The number of ether oxygens (including phenoxy) is 2. The Bertz CT molecular complexity index is 664. The van der Waals surface area contributed by atoms with Crippen LogP contribution in [-0.4, -0.2) is 42.0 Å². The quantitative estimate of drug-likeness (QED) is 0.0309. The molecule has 0 N–H and O–H groups in total. The number of unbranched alkanes of at least 4 members (excludes halogenated alkanes) is 24. The van der Waals surface area contributed by atoms with Crippen molar-refractivity contribution in [2.75, 3.05) is 14.1 Å². The van der Waals surface area contributed by atoms with Gasteiger partial charge < -0.3 is 21.9 Å². The van der Waals surface area contributed by atoms with Gasteiger partial charge in [-0.05, 0) is 12.8 Å². The molecule has 0 radical (unpaired) electrons. The van der Waals surface area contributed by atoms with E-state index in [1.807, 2.05) is 41.8 Å². The third-order valence-electron chi connectivity index (χ3n) is 10.4. The van der Waals surface area contributed by atoms with Crippen molar-refractivity contribution < 1.29 is 36.0 Å². The summed E-state index contributed by atoms with van der Waals surface area (Å²) in [6.07, 6.45) is 34.3. The molecule has 0 fully saturated rings. The van der Waals surface area contributed by atoms with Crippen LogP contribution in [0.25, 0.3) is 0 Å². The molecular formula is C40H80ClNO4. The Morgan fingerprint density at radius 1 is 0.413 bits per heavy atom. The average molecular weight is 675 g/mol. The van der Waals surface area contributed by atoms with Crippen molar-refractivity contribution in [3.8, 4) is 0 Å². The predicted molar refractivity (Wildman–Crippen MR) is 193 cm³/mol. The summed E-state index contributed by atoms with van der Waals surface area (Å²) in [4.78, 5) is 25.5. The number of quaternary nitrogens is 1. The van der Waals surface area contributed by atoms with Crippen molar-refractivity contribution in [1.82, 2.24) is 0 Å². The van der Waals surface area contributed by atoms with Crippen molar-refractivity contribution in [3.63, 3.8) is 0 Å². The van der Waals surface area contributed by atoms with Crippen LogP contribution >= 0.6 is 0 Å². The van der Waals surface area contributed by atoms with Gasteiger partial charge in [-0.3, -0.25) is 14.1 Å². The van der Waals surface area contributed by atoms with Gasteiger partial charge in [-0.15, -0.1) is 0 Å². The third-order valence-corrected chi connectivity index (χ3v) is 10.4. The Hall–Kier alpha value is -0.810. The first kappa shape index (κ1) is 47.3. The normalized spacial score (nSPS) is 12.2. The topological polar surface area (TPSA) is 52.6 Å². The van der Waals surface area contributed by atoms with Crippen LogP contribution in [-0.2, 0) is 19.1 Å². The lowest BCUT2D eigenvalue weighted by Crippen LogP contribution is -3.00. The SMILES string of the molecule is CCCCCCCCCCCCCCCC(=O)OC(C)(C)[N+](C)(C)C(C)(C)OC(=O)CCCCCCCCCCCCCCC.[Cl-]. The van der Waals surface area contributed by atoms with Crippen molar-refractivity contribution in [2.24, 2.45) is 0 Å². The molecule has 0 aliphatic rings. The lowest BCUT2D eigenvalue weighted by molar-refractivity contribution is -1.02. The van der Waals surface area contributed by atoms with E-state index in [0.29, 0.717) is 12.8 Å². The van der Waals surface area contributed by atoms with Gasteiger partial charge in [0, 0.05) is 40.5 Å². The summed E-state index contributed by atoms with van der Waals surface area (Å²) in [5.41, 5.74) is -1.65. The first-order valence-corrected chi connectivity index (χ1v) is 19.7. The Balaban J connectivity index is 0. The molecule has 0 aromatic rings. The second-order valence-electron chi connectivity index (χ2n) is 15.3. The molecule has 0 unspecified atom stereocenters. The first-order valence-electron chi connectivity index (χ1n) is 19.7. The van der Waals surface area contributed by atoms with E-state index in [4.69, 9.17) is 9.47 Å². The van der Waals surface area contributed by atoms with E-state index in [0.717, 1.165) is 25.7 Å². The van der Waals surface area contributed by atoms with Crippen molar-refractivity contribution >= 4 is 11.9 Å². The zero-order valence-corrected chi connectivity index (χ0v) is 33.0. The number of esters is 2. The smallest absolute Gasteiger partial charge is 0.310 e. The van der Waals surface area contributed by atoms with Crippen LogP contribution in [0.4, 0.5) is 0 Å². The van der Waals surface area contributed by atoms with Crippen LogP contribution in [0.2, 0.25) is 0 Å². The summed E-state index contributed by atoms with van der Waals surface area (Å²) in [7, 11) is 3.97. The van der Waals surface area contributed by atoms with Gasteiger partial charge in [-0.25, -0.2) is 0 Å².